The number of nitrogens with one attached hydrogen (secondary N) is 1. The van der Waals surface area contributed by atoms with Crippen molar-refractivity contribution in [2.45, 2.75) is 6.42 Å². The Labute approximate surface area is 174 Å². The number of amides is 1. The van der Waals surface area contributed by atoms with Gasteiger partial charge >= 0.3 is 0 Å². The summed E-state index contributed by atoms with van der Waals surface area (Å²) in [7, 11) is 0. The van der Waals surface area contributed by atoms with Gasteiger partial charge in [-0.15, -0.1) is 11.3 Å². The van der Waals surface area contributed by atoms with Crippen LogP contribution in [0.3, 0.4) is 0 Å². The molecule has 1 aromatic carbocycles. The highest BCUT2D eigenvalue weighted by molar-refractivity contribution is 7.14. The molecule has 6 nitrogen and oxygen atoms in total. The zero-order valence-corrected chi connectivity index (χ0v) is 16.8. The number of imidazole rings is 1. The number of carbonyl (C=O) groups is 1. The van der Waals surface area contributed by atoms with E-state index in [1.54, 1.807) is 35.2 Å². The highest BCUT2D eigenvalue weighted by Crippen LogP contribution is 2.26. The Morgan fingerprint density at radius 2 is 2.00 bits per heavy atom. The molecule has 4 aromatic heterocycles. The van der Waals surface area contributed by atoms with Crippen molar-refractivity contribution < 1.29 is 4.79 Å². The van der Waals surface area contributed by atoms with Crippen LogP contribution in [0.1, 0.15) is 5.69 Å². The molecule has 0 radical (unpaired) electrons. The van der Waals surface area contributed by atoms with E-state index in [4.69, 9.17) is 0 Å². The van der Waals surface area contributed by atoms with Crippen molar-refractivity contribution in [2.75, 3.05) is 5.32 Å². The first kappa shape index (κ1) is 17.7. The summed E-state index contributed by atoms with van der Waals surface area (Å²) in [5.74, 6) is 0.631. The molecule has 1 N–H and O–H groups in total. The van der Waals surface area contributed by atoms with Crippen LogP contribution < -0.4 is 5.32 Å². The predicted molar refractivity (Wildman–Crippen MR) is 117 cm³/mol. The smallest absolute Gasteiger partial charge is 0.230 e. The van der Waals surface area contributed by atoms with Gasteiger partial charge in [0.2, 0.25) is 5.91 Å². The molecule has 0 unspecified atom stereocenters. The van der Waals surface area contributed by atoms with Crippen molar-refractivity contribution >= 4 is 45.3 Å². The van der Waals surface area contributed by atoms with Gasteiger partial charge in [0, 0.05) is 16.3 Å². The normalized spacial score (nSPS) is 11.0. The molecule has 4 heterocycles. The van der Waals surface area contributed by atoms with Gasteiger partial charge in [-0.3, -0.25) is 9.36 Å². The fraction of sp³-hybridized carbons (Fsp3) is 0.0476. The van der Waals surface area contributed by atoms with E-state index < -0.39 is 0 Å². The Bertz CT molecular complexity index is 1270. The summed E-state index contributed by atoms with van der Waals surface area (Å²) in [6, 6.07) is 13.6. The van der Waals surface area contributed by atoms with Gasteiger partial charge in [0.15, 0.2) is 0 Å². The van der Waals surface area contributed by atoms with E-state index in [1.165, 1.54) is 0 Å². The number of fused-ring (bicyclic) bond motifs is 1. The molecule has 8 heteroatoms. The molecule has 29 heavy (non-hydrogen) atoms. The van der Waals surface area contributed by atoms with Crippen molar-refractivity contribution in [3.05, 3.63) is 76.8 Å². The maximum atomic E-state index is 12.4. The Balaban J connectivity index is 1.27. The maximum Gasteiger partial charge on any atom is 0.230 e. The number of pyridine rings is 1. The first-order chi connectivity index (χ1) is 14.3. The summed E-state index contributed by atoms with van der Waals surface area (Å²) < 4.78 is 1.92. The van der Waals surface area contributed by atoms with Crippen LogP contribution >= 0.6 is 22.7 Å². The number of aromatic nitrogens is 4. The summed E-state index contributed by atoms with van der Waals surface area (Å²) in [5.41, 5.74) is 4.41. The topological polar surface area (TPSA) is 72.7 Å². The quantitative estimate of drug-likeness (QED) is 0.446. The van der Waals surface area contributed by atoms with Gasteiger partial charge in [0.05, 0.1) is 35.0 Å². The molecule has 0 saturated heterocycles. The summed E-state index contributed by atoms with van der Waals surface area (Å²) >= 11 is 3.19. The molecule has 142 valence electrons. The number of thiophene rings is 1. The largest absolute Gasteiger partial charge is 0.324 e. The maximum absolute atomic E-state index is 12.4. The number of rotatable bonds is 5. The SMILES string of the molecule is O=C(Cc1csc(-c2ccsc2)n1)Nc1ccc(-n2cnc3ccccc32)nc1. The second kappa shape index (κ2) is 7.57. The molecule has 1 amide bonds. The fourth-order valence-electron chi connectivity index (χ4n) is 3.02. The minimum absolute atomic E-state index is 0.116. The van der Waals surface area contributed by atoms with Gasteiger partial charge in [0.25, 0.3) is 0 Å². The molecule has 0 atom stereocenters. The van der Waals surface area contributed by atoms with E-state index in [2.05, 4.69) is 25.6 Å². The van der Waals surface area contributed by atoms with E-state index in [-0.39, 0.29) is 12.3 Å². The molecular formula is C21H15N5OS2. The number of carbonyl (C=O) groups excluding carboxylic acids is 1. The van der Waals surface area contributed by atoms with Crippen LogP contribution in [0.2, 0.25) is 0 Å². The third kappa shape index (κ3) is 3.67. The minimum Gasteiger partial charge on any atom is -0.324 e. The third-order valence-corrected chi connectivity index (χ3v) is 6.02. The Hall–Kier alpha value is -3.36. The number of thiazole rings is 1. The lowest BCUT2D eigenvalue weighted by atomic mass is 10.3. The number of hydrogen-bond acceptors (Lipinski definition) is 6. The lowest BCUT2D eigenvalue weighted by molar-refractivity contribution is -0.115. The molecule has 5 aromatic rings. The third-order valence-electron chi connectivity index (χ3n) is 4.39. The van der Waals surface area contributed by atoms with Gasteiger partial charge in [-0.1, -0.05) is 12.1 Å². The number of anilines is 1. The highest BCUT2D eigenvalue weighted by atomic mass is 32.1. The summed E-state index contributed by atoms with van der Waals surface area (Å²) in [4.78, 5) is 25.8. The first-order valence-corrected chi connectivity index (χ1v) is 10.7. The highest BCUT2D eigenvalue weighted by Gasteiger charge is 2.11. The average molecular weight is 418 g/mol. The summed E-state index contributed by atoms with van der Waals surface area (Å²) in [6.45, 7) is 0. The minimum atomic E-state index is -0.116. The van der Waals surface area contributed by atoms with Crippen LogP contribution in [0.15, 0.2) is 71.1 Å². The van der Waals surface area contributed by atoms with Crippen molar-refractivity contribution in [3.8, 4) is 16.4 Å². The molecule has 0 aliphatic carbocycles. The number of benzene rings is 1. The Morgan fingerprint density at radius 1 is 1.07 bits per heavy atom. The van der Waals surface area contributed by atoms with Crippen LogP contribution in [-0.4, -0.2) is 25.4 Å². The van der Waals surface area contributed by atoms with Gasteiger partial charge in [-0.25, -0.2) is 15.0 Å². The molecule has 5 rings (SSSR count). The second-order valence-corrected chi connectivity index (χ2v) is 8.03. The molecule has 0 bridgehead atoms. The molecule has 0 saturated carbocycles. The number of nitrogens with zero attached hydrogens (tertiary/aromatic N) is 4. The summed E-state index contributed by atoms with van der Waals surface area (Å²) in [5, 5.41) is 9.83. The van der Waals surface area contributed by atoms with Crippen LogP contribution in [0.5, 0.6) is 0 Å². The molecule has 0 aliphatic rings. The fourth-order valence-corrected chi connectivity index (χ4v) is 4.55. The molecule has 0 spiro atoms. The molecular weight excluding hydrogens is 402 g/mol. The lowest BCUT2D eigenvalue weighted by Crippen LogP contribution is -2.14. The Morgan fingerprint density at radius 3 is 2.83 bits per heavy atom. The van der Waals surface area contributed by atoms with E-state index >= 15 is 0 Å². The van der Waals surface area contributed by atoms with Crippen molar-refractivity contribution in [1.29, 1.82) is 0 Å². The van der Waals surface area contributed by atoms with Gasteiger partial charge in [0.1, 0.15) is 17.2 Å². The number of hydrogen-bond donors (Lipinski definition) is 1. The Kier molecular flexibility index (Phi) is 4.63. The average Bonchev–Trinajstić information content (AvgIpc) is 3.49. The van der Waals surface area contributed by atoms with Gasteiger partial charge in [-0.2, -0.15) is 11.3 Å². The van der Waals surface area contributed by atoms with Crippen molar-refractivity contribution in [1.82, 2.24) is 19.5 Å². The zero-order valence-electron chi connectivity index (χ0n) is 15.1. The number of para-hydroxylation sites is 2. The molecule has 0 aliphatic heterocycles. The van der Waals surface area contributed by atoms with E-state index in [9.17, 15) is 4.79 Å². The van der Waals surface area contributed by atoms with E-state index in [1.807, 2.05) is 57.8 Å². The van der Waals surface area contributed by atoms with E-state index in [0.29, 0.717) is 5.69 Å². The van der Waals surface area contributed by atoms with Crippen LogP contribution in [0.25, 0.3) is 27.4 Å². The molecule has 0 fully saturated rings. The van der Waals surface area contributed by atoms with Crippen molar-refractivity contribution in [3.63, 3.8) is 0 Å². The zero-order chi connectivity index (χ0) is 19.6. The van der Waals surface area contributed by atoms with Crippen LogP contribution in [0.4, 0.5) is 5.69 Å². The second-order valence-electron chi connectivity index (χ2n) is 6.39. The lowest BCUT2D eigenvalue weighted by Gasteiger charge is -2.06. The van der Waals surface area contributed by atoms with Gasteiger partial charge in [-0.05, 0) is 35.7 Å². The van der Waals surface area contributed by atoms with Crippen LogP contribution in [0, 0.1) is 0 Å². The standard InChI is InChI=1S/C21H15N5OS2/c27-20(9-16-12-29-21(25-16)14-7-8-28-11-14)24-15-5-6-19(22-10-15)26-13-23-17-3-1-2-4-18(17)26/h1-8,10-13H,9H2,(H,24,27). The summed E-state index contributed by atoms with van der Waals surface area (Å²) in [6.07, 6.45) is 3.63. The first-order valence-electron chi connectivity index (χ1n) is 8.91. The van der Waals surface area contributed by atoms with Gasteiger partial charge < -0.3 is 5.32 Å². The van der Waals surface area contributed by atoms with E-state index in [0.717, 1.165) is 33.1 Å². The predicted octanol–water partition coefficient (Wildman–Crippen LogP) is 4.79. The van der Waals surface area contributed by atoms with Crippen LogP contribution in [-0.2, 0) is 11.2 Å². The van der Waals surface area contributed by atoms with Crippen molar-refractivity contribution in [2.24, 2.45) is 0 Å². The monoisotopic (exact) mass is 417 g/mol.